The number of rotatable bonds is 13. The van der Waals surface area contributed by atoms with Gasteiger partial charge in [0.05, 0.1) is 23.7 Å². The average Bonchev–Trinajstić information content (AvgIpc) is 2.86. The molecule has 2 N–H and O–H groups in total. The van der Waals surface area contributed by atoms with E-state index in [-0.39, 0.29) is 42.4 Å². The van der Waals surface area contributed by atoms with Crippen molar-refractivity contribution in [2.24, 2.45) is 5.92 Å². The third-order valence-electron chi connectivity index (χ3n) is 5.52. The molecular weight excluding hydrogens is 478 g/mol. The van der Waals surface area contributed by atoms with E-state index in [9.17, 15) is 24.8 Å². The summed E-state index contributed by atoms with van der Waals surface area (Å²) in [6, 6.07) is 15.4. The van der Waals surface area contributed by atoms with Gasteiger partial charge in [-0.1, -0.05) is 26.0 Å². The molecule has 0 unspecified atom stereocenters. The summed E-state index contributed by atoms with van der Waals surface area (Å²) >= 11 is 0. The van der Waals surface area contributed by atoms with Gasteiger partial charge in [0.1, 0.15) is 17.2 Å². The van der Waals surface area contributed by atoms with Gasteiger partial charge in [-0.25, -0.2) is 0 Å². The second-order valence-corrected chi connectivity index (χ2v) is 8.95. The molecule has 194 valence electrons. The van der Waals surface area contributed by atoms with Gasteiger partial charge in [-0.15, -0.1) is 0 Å². The fourth-order valence-electron chi connectivity index (χ4n) is 3.57. The molecule has 9 nitrogen and oxygen atoms in total. The Balaban J connectivity index is 1.69. The summed E-state index contributed by atoms with van der Waals surface area (Å²) in [5.41, 5.74) is 1.88. The molecule has 0 saturated carbocycles. The number of carbonyl (C=O) groups is 2. The number of ether oxygens (including phenoxy) is 2. The number of carbonyl (C=O) groups excluding carboxylic acids is 1. The van der Waals surface area contributed by atoms with Crippen molar-refractivity contribution in [3.8, 4) is 17.2 Å². The average molecular weight is 508 g/mol. The minimum Gasteiger partial charge on any atom is -0.507 e. The van der Waals surface area contributed by atoms with Crippen LogP contribution in [0.15, 0.2) is 60.7 Å². The van der Waals surface area contributed by atoms with Gasteiger partial charge >= 0.3 is 5.97 Å². The zero-order chi connectivity index (χ0) is 26.9. The van der Waals surface area contributed by atoms with E-state index in [2.05, 4.69) is 0 Å². The Morgan fingerprint density at radius 3 is 2.32 bits per heavy atom. The fraction of sp³-hybridized carbons (Fsp3) is 0.286. The molecule has 0 aliphatic carbocycles. The summed E-state index contributed by atoms with van der Waals surface area (Å²) in [7, 11) is 0. The van der Waals surface area contributed by atoms with Crippen LogP contribution >= 0.6 is 0 Å². The number of aliphatic carboxylic acids is 1. The van der Waals surface area contributed by atoms with E-state index in [0.29, 0.717) is 35.7 Å². The van der Waals surface area contributed by atoms with Gasteiger partial charge in [-0.05, 0) is 53.8 Å². The number of aryl methyl sites for hydroxylation is 1. The second-order valence-electron chi connectivity index (χ2n) is 8.95. The lowest BCUT2D eigenvalue weighted by Gasteiger charge is -2.14. The highest BCUT2D eigenvalue weighted by Crippen LogP contribution is 2.29. The summed E-state index contributed by atoms with van der Waals surface area (Å²) in [5.74, 6) is -0.427. The molecule has 0 aliphatic heterocycles. The van der Waals surface area contributed by atoms with Crippen LogP contribution in [0.4, 0.5) is 5.69 Å². The van der Waals surface area contributed by atoms with Gasteiger partial charge in [0.2, 0.25) is 0 Å². The van der Waals surface area contributed by atoms with Gasteiger partial charge in [0.15, 0.2) is 5.78 Å². The maximum absolute atomic E-state index is 13.1. The zero-order valence-electron chi connectivity index (χ0n) is 20.7. The topological polar surface area (TPSA) is 136 Å². The summed E-state index contributed by atoms with van der Waals surface area (Å²) in [6.07, 6.45) is 0.605. The quantitative estimate of drug-likeness (QED) is 0.183. The van der Waals surface area contributed by atoms with E-state index in [1.165, 1.54) is 24.3 Å². The largest absolute Gasteiger partial charge is 0.507 e. The highest BCUT2D eigenvalue weighted by molar-refractivity contribution is 6.11. The first-order chi connectivity index (χ1) is 17.6. The first-order valence-corrected chi connectivity index (χ1v) is 11.9. The molecule has 0 aromatic heterocycles. The molecule has 3 aromatic carbocycles. The van der Waals surface area contributed by atoms with Crippen molar-refractivity contribution in [2.75, 3.05) is 13.2 Å². The van der Waals surface area contributed by atoms with Crippen molar-refractivity contribution in [1.82, 2.24) is 0 Å². The maximum atomic E-state index is 13.1. The highest BCUT2D eigenvalue weighted by atomic mass is 16.6. The van der Waals surface area contributed by atoms with Crippen molar-refractivity contribution >= 4 is 17.4 Å². The second kappa shape index (κ2) is 12.5. The van der Waals surface area contributed by atoms with Gasteiger partial charge in [0, 0.05) is 36.6 Å². The number of ketones is 1. The molecule has 3 rings (SSSR count). The number of nitro benzene ring substituents is 1. The third kappa shape index (κ3) is 7.79. The van der Waals surface area contributed by atoms with Crippen LogP contribution in [0.1, 0.15) is 47.3 Å². The Morgan fingerprint density at radius 2 is 1.70 bits per heavy atom. The van der Waals surface area contributed by atoms with Crippen LogP contribution < -0.4 is 9.47 Å². The minimum atomic E-state index is -0.951. The number of benzene rings is 3. The number of phenols is 1. The number of non-ortho nitro benzene ring substituents is 1. The third-order valence-corrected chi connectivity index (χ3v) is 5.52. The van der Waals surface area contributed by atoms with Crippen molar-refractivity contribution in [1.29, 1.82) is 0 Å². The number of carboxylic acid groups (broad SMARTS) is 1. The van der Waals surface area contributed by atoms with Crippen LogP contribution in [-0.2, 0) is 17.6 Å². The van der Waals surface area contributed by atoms with Crippen LogP contribution in [0.25, 0.3) is 0 Å². The Bertz CT molecular complexity index is 1270. The summed E-state index contributed by atoms with van der Waals surface area (Å²) in [6.45, 7) is 4.73. The first-order valence-electron chi connectivity index (χ1n) is 11.9. The molecule has 0 atom stereocenters. The normalized spacial score (nSPS) is 10.8. The van der Waals surface area contributed by atoms with E-state index in [4.69, 9.17) is 14.6 Å². The number of hydrogen-bond donors (Lipinski definition) is 2. The Morgan fingerprint density at radius 1 is 0.973 bits per heavy atom. The molecule has 0 fully saturated rings. The summed E-state index contributed by atoms with van der Waals surface area (Å²) in [4.78, 5) is 34.5. The Labute approximate surface area is 214 Å². The fourth-order valence-corrected chi connectivity index (χ4v) is 3.57. The van der Waals surface area contributed by atoms with Gasteiger partial charge in [-0.2, -0.15) is 0 Å². The number of phenolic OH excluding ortho intramolecular Hbond substituents is 1. The van der Waals surface area contributed by atoms with E-state index in [1.54, 1.807) is 36.4 Å². The van der Waals surface area contributed by atoms with E-state index in [0.717, 1.165) is 5.56 Å². The number of carboxylic acids is 1. The van der Waals surface area contributed by atoms with Gasteiger partial charge in [0.25, 0.3) is 5.69 Å². The molecule has 0 bridgehead atoms. The van der Waals surface area contributed by atoms with Crippen LogP contribution in [0.5, 0.6) is 17.2 Å². The van der Waals surface area contributed by atoms with Crippen molar-refractivity contribution in [2.45, 2.75) is 33.1 Å². The standard InChI is InChI=1S/C28H29NO8/c1-18(2)17-37-26-11-5-21(15-20(26)6-12-27(31)32)28(33)24-10-9-23(16-25(24)30)36-14-13-19-3-7-22(8-4-19)29(34)35/h3-5,7-11,15-16,18,30H,6,12-14,17H2,1-2H3,(H,31,32). The first kappa shape index (κ1) is 27.2. The summed E-state index contributed by atoms with van der Waals surface area (Å²) in [5, 5.41) is 30.3. The van der Waals surface area contributed by atoms with Crippen LogP contribution in [-0.4, -0.2) is 40.1 Å². The summed E-state index contributed by atoms with van der Waals surface area (Å²) < 4.78 is 11.5. The molecule has 0 spiro atoms. The van der Waals surface area contributed by atoms with E-state index in [1.807, 2.05) is 13.8 Å². The number of nitrogens with zero attached hydrogens (tertiary/aromatic N) is 1. The van der Waals surface area contributed by atoms with E-state index >= 15 is 0 Å². The molecule has 3 aromatic rings. The number of nitro groups is 1. The molecule has 0 aliphatic rings. The predicted molar refractivity (Wildman–Crippen MR) is 137 cm³/mol. The molecular formula is C28H29NO8. The lowest BCUT2D eigenvalue weighted by Crippen LogP contribution is -2.09. The maximum Gasteiger partial charge on any atom is 0.303 e. The molecule has 9 heteroatoms. The lowest BCUT2D eigenvalue weighted by atomic mass is 9.98. The Kier molecular flexibility index (Phi) is 9.21. The molecule has 0 amide bonds. The van der Waals surface area contributed by atoms with Crippen molar-refractivity contribution in [3.63, 3.8) is 0 Å². The van der Waals surface area contributed by atoms with Gasteiger partial charge < -0.3 is 19.7 Å². The zero-order valence-corrected chi connectivity index (χ0v) is 20.7. The molecule has 37 heavy (non-hydrogen) atoms. The van der Waals surface area contributed by atoms with Crippen LogP contribution in [0.3, 0.4) is 0 Å². The monoisotopic (exact) mass is 507 g/mol. The molecule has 0 radical (unpaired) electrons. The van der Waals surface area contributed by atoms with E-state index < -0.39 is 16.7 Å². The SMILES string of the molecule is CC(C)COc1ccc(C(=O)c2ccc(OCCc3ccc([N+](=O)[O-])cc3)cc2O)cc1CCC(=O)O. The highest BCUT2D eigenvalue weighted by Gasteiger charge is 2.17. The minimum absolute atomic E-state index is 0.0153. The van der Waals surface area contributed by atoms with Crippen LogP contribution in [0.2, 0.25) is 0 Å². The smallest absolute Gasteiger partial charge is 0.303 e. The lowest BCUT2D eigenvalue weighted by molar-refractivity contribution is -0.384. The van der Waals surface area contributed by atoms with Crippen LogP contribution in [0, 0.1) is 16.0 Å². The number of aromatic hydroxyl groups is 1. The molecule has 0 saturated heterocycles. The predicted octanol–water partition coefficient (Wildman–Crippen LogP) is 5.20. The number of hydrogen-bond acceptors (Lipinski definition) is 7. The Hall–Kier alpha value is -4.40. The van der Waals surface area contributed by atoms with Crippen molar-refractivity contribution < 1.29 is 34.2 Å². The van der Waals surface area contributed by atoms with Gasteiger partial charge in [-0.3, -0.25) is 19.7 Å². The van der Waals surface area contributed by atoms with Crippen molar-refractivity contribution in [3.05, 3.63) is 93.0 Å². The molecule has 0 heterocycles.